The Hall–Kier alpha value is -1.06. The summed E-state index contributed by atoms with van der Waals surface area (Å²) in [5.41, 5.74) is 7.07. The molecule has 1 fully saturated rings. The lowest BCUT2D eigenvalue weighted by Crippen LogP contribution is -2.42. The molecule has 1 aliphatic heterocycles. The average Bonchev–Trinajstić information content (AvgIpc) is 2.38. The number of benzene rings is 1. The molecule has 2 unspecified atom stereocenters. The molecule has 3 nitrogen and oxygen atoms in total. The van der Waals surface area contributed by atoms with Gasteiger partial charge in [0.25, 0.3) is 0 Å². The van der Waals surface area contributed by atoms with Gasteiger partial charge in [0.05, 0.1) is 12.7 Å². The first-order valence-corrected chi connectivity index (χ1v) is 6.24. The molecule has 17 heavy (non-hydrogen) atoms. The summed E-state index contributed by atoms with van der Waals surface area (Å²) in [6.07, 6.45) is 2.81. The van der Waals surface area contributed by atoms with Crippen LogP contribution in [0.4, 0.5) is 0 Å². The largest absolute Gasteiger partial charge is 0.497 e. The number of nitrogens with two attached hydrogens (primary N) is 1. The first-order chi connectivity index (χ1) is 8.20. The number of hydrogen-bond acceptors (Lipinski definition) is 3. The highest BCUT2D eigenvalue weighted by Crippen LogP contribution is 2.38. The van der Waals surface area contributed by atoms with Crippen molar-refractivity contribution in [2.24, 2.45) is 5.73 Å². The second-order valence-corrected chi connectivity index (χ2v) is 4.68. The second-order valence-electron chi connectivity index (χ2n) is 4.68. The van der Waals surface area contributed by atoms with Gasteiger partial charge >= 0.3 is 0 Å². The van der Waals surface area contributed by atoms with Gasteiger partial charge in [-0.05, 0) is 37.0 Å². The summed E-state index contributed by atoms with van der Waals surface area (Å²) in [4.78, 5) is 0. The van der Waals surface area contributed by atoms with E-state index in [1.54, 1.807) is 7.11 Å². The Morgan fingerprint density at radius 3 is 2.65 bits per heavy atom. The number of ether oxygens (including phenoxy) is 2. The molecule has 0 spiro atoms. The molecule has 1 saturated heterocycles. The van der Waals surface area contributed by atoms with Crippen LogP contribution in [0.15, 0.2) is 24.3 Å². The molecular formula is C14H21NO2. The normalized spacial score (nSPS) is 29.0. The lowest BCUT2D eigenvalue weighted by molar-refractivity contribution is -0.0925. The van der Waals surface area contributed by atoms with E-state index in [0.717, 1.165) is 31.6 Å². The minimum atomic E-state index is -0.204. The first-order valence-electron chi connectivity index (χ1n) is 6.24. The maximum Gasteiger partial charge on any atom is 0.118 e. The highest BCUT2D eigenvalue weighted by molar-refractivity contribution is 5.31. The Balaban J connectivity index is 2.26. The smallest absolute Gasteiger partial charge is 0.118 e. The van der Waals surface area contributed by atoms with Crippen molar-refractivity contribution in [2.75, 3.05) is 13.7 Å². The SMILES string of the molecule is CCC1(c2ccc(OC)cc2)CC(N)CCO1. The summed E-state index contributed by atoms with van der Waals surface area (Å²) in [6, 6.07) is 8.37. The van der Waals surface area contributed by atoms with Crippen molar-refractivity contribution in [3.63, 3.8) is 0 Å². The van der Waals surface area contributed by atoms with Gasteiger partial charge in [0.2, 0.25) is 0 Å². The summed E-state index contributed by atoms with van der Waals surface area (Å²) < 4.78 is 11.2. The van der Waals surface area contributed by atoms with Crippen LogP contribution in [0.3, 0.4) is 0 Å². The maximum atomic E-state index is 6.07. The Morgan fingerprint density at radius 2 is 2.12 bits per heavy atom. The third-order valence-electron chi connectivity index (χ3n) is 3.65. The Kier molecular flexibility index (Phi) is 3.69. The fourth-order valence-corrected chi connectivity index (χ4v) is 2.54. The maximum absolute atomic E-state index is 6.07. The predicted octanol–water partition coefficient (Wildman–Crippen LogP) is 2.44. The molecule has 2 N–H and O–H groups in total. The van der Waals surface area contributed by atoms with Crippen LogP contribution < -0.4 is 10.5 Å². The minimum absolute atomic E-state index is 0.204. The molecular weight excluding hydrogens is 214 g/mol. The Morgan fingerprint density at radius 1 is 1.41 bits per heavy atom. The molecule has 0 aromatic heterocycles. The summed E-state index contributed by atoms with van der Waals surface area (Å²) in [5.74, 6) is 0.875. The first kappa shape index (κ1) is 12.4. The van der Waals surface area contributed by atoms with Crippen molar-refractivity contribution in [3.8, 4) is 5.75 Å². The van der Waals surface area contributed by atoms with Gasteiger partial charge in [-0.3, -0.25) is 0 Å². The highest BCUT2D eigenvalue weighted by atomic mass is 16.5. The second kappa shape index (κ2) is 5.07. The van der Waals surface area contributed by atoms with Crippen molar-refractivity contribution in [1.29, 1.82) is 0 Å². The number of methoxy groups -OCH3 is 1. The van der Waals surface area contributed by atoms with Crippen LogP contribution in [0.5, 0.6) is 5.75 Å². The fraction of sp³-hybridized carbons (Fsp3) is 0.571. The molecule has 1 aromatic carbocycles. The quantitative estimate of drug-likeness (QED) is 0.875. The van der Waals surface area contributed by atoms with Gasteiger partial charge in [-0.2, -0.15) is 0 Å². The van der Waals surface area contributed by atoms with Gasteiger partial charge < -0.3 is 15.2 Å². The molecule has 0 aliphatic carbocycles. The van der Waals surface area contributed by atoms with Crippen molar-refractivity contribution >= 4 is 0 Å². The zero-order valence-corrected chi connectivity index (χ0v) is 10.6. The lowest BCUT2D eigenvalue weighted by Gasteiger charge is -2.39. The molecule has 1 heterocycles. The van der Waals surface area contributed by atoms with Gasteiger partial charge in [0, 0.05) is 12.6 Å². The molecule has 1 aromatic rings. The van der Waals surface area contributed by atoms with Gasteiger partial charge in [-0.25, -0.2) is 0 Å². The van der Waals surface area contributed by atoms with E-state index in [1.165, 1.54) is 5.56 Å². The zero-order chi connectivity index (χ0) is 12.3. The lowest BCUT2D eigenvalue weighted by atomic mass is 9.82. The molecule has 94 valence electrons. The molecule has 0 radical (unpaired) electrons. The van der Waals surface area contributed by atoms with Crippen LogP contribution in [0.1, 0.15) is 31.7 Å². The molecule has 2 rings (SSSR count). The van der Waals surface area contributed by atoms with Crippen LogP contribution in [-0.4, -0.2) is 19.8 Å². The Labute approximate surface area is 103 Å². The molecule has 0 bridgehead atoms. The summed E-state index contributed by atoms with van der Waals surface area (Å²) >= 11 is 0. The fourth-order valence-electron chi connectivity index (χ4n) is 2.54. The van der Waals surface area contributed by atoms with Crippen molar-refractivity contribution in [3.05, 3.63) is 29.8 Å². The van der Waals surface area contributed by atoms with Crippen LogP contribution in [0, 0.1) is 0 Å². The van der Waals surface area contributed by atoms with Crippen LogP contribution in [0.25, 0.3) is 0 Å². The topological polar surface area (TPSA) is 44.5 Å². The van der Waals surface area contributed by atoms with Crippen molar-refractivity contribution in [2.45, 2.75) is 37.8 Å². The summed E-state index contributed by atoms with van der Waals surface area (Å²) in [5, 5.41) is 0. The Bertz CT molecular complexity index is 363. The molecule has 0 amide bonds. The highest BCUT2D eigenvalue weighted by Gasteiger charge is 2.36. The number of rotatable bonds is 3. The third kappa shape index (κ3) is 2.45. The van der Waals surface area contributed by atoms with Crippen LogP contribution in [-0.2, 0) is 10.3 Å². The van der Waals surface area contributed by atoms with Crippen LogP contribution >= 0.6 is 0 Å². The average molecular weight is 235 g/mol. The molecule has 2 atom stereocenters. The van der Waals surface area contributed by atoms with Gasteiger partial charge in [-0.15, -0.1) is 0 Å². The number of hydrogen-bond donors (Lipinski definition) is 1. The van der Waals surface area contributed by atoms with Crippen molar-refractivity contribution in [1.82, 2.24) is 0 Å². The van der Waals surface area contributed by atoms with Gasteiger partial charge in [0.15, 0.2) is 0 Å². The molecule has 3 heteroatoms. The summed E-state index contributed by atoms with van der Waals surface area (Å²) in [7, 11) is 1.68. The van der Waals surface area contributed by atoms with E-state index in [2.05, 4.69) is 19.1 Å². The molecule has 1 aliphatic rings. The van der Waals surface area contributed by atoms with Gasteiger partial charge in [0.1, 0.15) is 5.75 Å². The predicted molar refractivity (Wildman–Crippen MR) is 68.1 cm³/mol. The van der Waals surface area contributed by atoms with E-state index in [0.29, 0.717) is 0 Å². The summed E-state index contributed by atoms with van der Waals surface area (Å²) in [6.45, 7) is 2.91. The monoisotopic (exact) mass is 235 g/mol. The van der Waals surface area contributed by atoms with E-state index in [9.17, 15) is 0 Å². The van der Waals surface area contributed by atoms with E-state index >= 15 is 0 Å². The zero-order valence-electron chi connectivity index (χ0n) is 10.6. The van der Waals surface area contributed by atoms with Gasteiger partial charge in [-0.1, -0.05) is 19.1 Å². The minimum Gasteiger partial charge on any atom is -0.497 e. The van der Waals surface area contributed by atoms with Crippen LogP contribution in [0.2, 0.25) is 0 Å². The van der Waals surface area contributed by atoms with E-state index < -0.39 is 0 Å². The third-order valence-corrected chi connectivity index (χ3v) is 3.65. The van der Waals surface area contributed by atoms with Crippen molar-refractivity contribution < 1.29 is 9.47 Å². The standard InChI is InChI=1S/C14H21NO2/c1-3-14(10-12(15)8-9-17-14)11-4-6-13(16-2)7-5-11/h4-7,12H,3,8-10,15H2,1-2H3. The van der Waals surface area contributed by atoms with E-state index in [1.807, 2.05) is 12.1 Å². The van der Waals surface area contributed by atoms with E-state index in [4.69, 9.17) is 15.2 Å². The molecule has 0 saturated carbocycles. The van der Waals surface area contributed by atoms with E-state index in [-0.39, 0.29) is 11.6 Å².